The van der Waals surface area contributed by atoms with E-state index in [1.807, 2.05) is 7.05 Å². The van der Waals surface area contributed by atoms with Gasteiger partial charge in [0.1, 0.15) is 0 Å². The fourth-order valence-electron chi connectivity index (χ4n) is 3.49. The summed E-state index contributed by atoms with van der Waals surface area (Å²) in [6, 6.07) is 10.7. The van der Waals surface area contributed by atoms with Crippen molar-refractivity contribution < 1.29 is 4.74 Å². The van der Waals surface area contributed by atoms with E-state index in [2.05, 4.69) is 62.4 Å². The maximum Gasteiger partial charge on any atom is 0.193 e. The van der Waals surface area contributed by atoms with Crippen LogP contribution in [-0.4, -0.2) is 93.3 Å². The predicted octanol–water partition coefficient (Wildman–Crippen LogP) is 0.710. The minimum Gasteiger partial charge on any atom is -0.374 e. The Labute approximate surface area is 151 Å². The summed E-state index contributed by atoms with van der Waals surface area (Å²) in [4.78, 5) is 11.7. The number of hydrogen-bond acceptors (Lipinski definition) is 4. The molecule has 0 amide bonds. The Morgan fingerprint density at radius 2 is 1.92 bits per heavy atom. The quantitative estimate of drug-likeness (QED) is 0.643. The summed E-state index contributed by atoms with van der Waals surface area (Å²) in [6.45, 7) is 8.83. The molecule has 3 rings (SSSR count). The summed E-state index contributed by atoms with van der Waals surface area (Å²) >= 11 is 0. The van der Waals surface area contributed by atoms with Crippen LogP contribution < -0.4 is 5.32 Å². The fraction of sp³-hybridized carbons (Fsp3) is 0.632. The summed E-state index contributed by atoms with van der Waals surface area (Å²) in [5.74, 6) is 0.996. The predicted molar refractivity (Wildman–Crippen MR) is 102 cm³/mol. The normalized spacial score (nSPS) is 23.7. The molecular formula is C19H31N5O. The highest BCUT2D eigenvalue weighted by atomic mass is 16.5. The first-order valence-corrected chi connectivity index (χ1v) is 9.26. The highest BCUT2D eigenvalue weighted by Crippen LogP contribution is 2.09. The summed E-state index contributed by atoms with van der Waals surface area (Å²) < 4.78 is 5.83. The van der Waals surface area contributed by atoms with Crippen molar-refractivity contribution in [2.75, 3.05) is 66.5 Å². The average Bonchev–Trinajstić information content (AvgIpc) is 2.64. The Morgan fingerprint density at radius 3 is 2.60 bits per heavy atom. The Balaban J connectivity index is 1.42. The van der Waals surface area contributed by atoms with Crippen molar-refractivity contribution in [3.8, 4) is 0 Å². The third-order valence-electron chi connectivity index (χ3n) is 4.96. The van der Waals surface area contributed by atoms with Crippen LogP contribution in [0.3, 0.4) is 0 Å². The number of piperazine rings is 1. The lowest BCUT2D eigenvalue weighted by Crippen LogP contribution is -2.54. The van der Waals surface area contributed by atoms with Crippen LogP contribution in [0, 0.1) is 0 Å². The zero-order valence-corrected chi connectivity index (χ0v) is 15.5. The maximum atomic E-state index is 5.83. The van der Waals surface area contributed by atoms with Crippen LogP contribution in [-0.2, 0) is 11.3 Å². The Kier molecular flexibility index (Phi) is 6.67. The summed E-state index contributed by atoms with van der Waals surface area (Å²) in [7, 11) is 4.02. The molecule has 1 aromatic carbocycles. The summed E-state index contributed by atoms with van der Waals surface area (Å²) in [6.07, 6.45) is 0.245. The molecule has 2 aliphatic heterocycles. The molecule has 2 fully saturated rings. The Bertz CT molecular complexity index is 542. The lowest BCUT2D eigenvalue weighted by atomic mass is 10.2. The van der Waals surface area contributed by atoms with Gasteiger partial charge >= 0.3 is 0 Å². The van der Waals surface area contributed by atoms with Crippen molar-refractivity contribution >= 4 is 5.96 Å². The van der Waals surface area contributed by atoms with Gasteiger partial charge in [-0.05, 0) is 12.6 Å². The van der Waals surface area contributed by atoms with Crippen LogP contribution >= 0.6 is 0 Å². The molecule has 6 nitrogen and oxygen atoms in total. The molecular weight excluding hydrogens is 314 g/mol. The van der Waals surface area contributed by atoms with E-state index < -0.39 is 0 Å². The van der Waals surface area contributed by atoms with E-state index in [0.717, 1.165) is 64.9 Å². The van der Waals surface area contributed by atoms with Gasteiger partial charge in [0.2, 0.25) is 0 Å². The highest BCUT2D eigenvalue weighted by molar-refractivity contribution is 5.80. The van der Waals surface area contributed by atoms with Gasteiger partial charge in [0.05, 0.1) is 12.7 Å². The molecule has 0 aromatic heterocycles. The molecule has 2 heterocycles. The molecule has 0 spiro atoms. The third-order valence-corrected chi connectivity index (χ3v) is 4.96. The number of nitrogens with one attached hydrogen (secondary N) is 1. The van der Waals surface area contributed by atoms with Crippen molar-refractivity contribution in [1.29, 1.82) is 0 Å². The zero-order valence-electron chi connectivity index (χ0n) is 15.5. The molecule has 1 N–H and O–H groups in total. The first-order valence-electron chi connectivity index (χ1n) is 9.26. The molecule has 25 heavy (non-hydrogen) atoms. The monoisotopic (exact) mass is 345 g/mol. The first-order chi connectivity index (χ1) is 12.2. The van der Waals surface area contributed by atoms with Crippen LogP contribution in [0.1, 0.15) is 5.56 Å². The molecule has 1 unspecified atom stereocenters. The molecule has 0 bridgehead atoms. The lowest BCUT2D eigenvalue weighted by Gasteiger charge is -2.37. The standard InChI is InChI=1S/C19H31N5O/c1-20-19(21-14-18-16-22(2)12-13-25-18)24-10-8-23(9-11-24)15-17-6-4-3-5-7-17/h3-7,18H,8-16H2,1-2H3,(H,20,21). The minimum atomic E-state index is 0.245. The van der Waals surface area contributed by atoms with E-state index in [4.69, 9.17) is 4.74 Å². The number of likely N-dealkylation sites (N-methyl/N-ethyl adjacent to an activating group) is 1. The fourth-order valence-corrected chi connectivity index (χ4v) is 3.49. The second-order valence-corrected chi connectivity index (χ2v) is 6.93. The number of rotatable bonds is 4. The van der Waals surface area contributed by atoms with E-state index in [-0.39, 0.29) is 6.10 Å². The van der Waals surface area contributed by atoms with Crippen molar-refractivity contribution in [3.05, 3.63) is 35.9 Å². The van der Waals surface area contributed by atoms with Gasteiger partial charge in [-0.15, -0.1) is 0 Å². The summed E-state index contributed by atoms with van der Waals surface area (Å²) in [5.41, 5.74) is 1.39. The third kappa shape index (κ3) is 5.42. The van der Waals surface area contributed by atoms with Gasteiger partial charge < -0.3 is 19.9 Å². The number of morpholine rings is 1. The van der Waals surface area contributed by atoms with Gasteiger partial charge in [0.15, 0.2) is 5.96 Å². The topological polar surface area (TPSA) is 43.3 Å². The summed E-state index contributed by atoms with van der Waals surface area (Å²) in [5, 5.41) is 3.50. The number of nitrogens with zero attached hydrogens (tertiary/aromatic N) is 4. The average molecular weight is 345 g/mol. The number of hydrogen-bond donors (Lipinski definition) is 1. The lowest BCUT2D eigenvalue weighted by molar-refractivity contribution is -0.0164. The van der Waals surface area contributed by atoms with Crippen LogP contribution in [0.15, 0.2) is 35.3 Å². The van der Waals surface area contributed by atoms with Crippen molar-refractivity contribution in [1.82, 2.24) is 20.0 Å². The number of aliphatic imine (C=N–C) groups is 1. The van der Waals surface area contributed by atoms with E-state index in [0.29, 0.717) is 0 Å². The molecule has 1 aromatic rings. The van der Waals surface area contributed by atoms with E-state index in [1.165, 1.54) is 5.56 Å². The Morgan fingerprint density at radius 1 is 1.16 bits per heavy atom. The largest absolute Gasteiger partial charge is 0.374 e. The van der Waals surface area contributed by atoms with Crippen molar-refractivity contribution in [3.63, 3.8) is 0 Å². The smallest absolute Gasteiger partial charge is 0.193 e. The minimum absolute atomic E-state index is 0.245. The van der Waals surface area contributed by atoms with Crippen LogP contribution in [0.25, 0.3) is 0 Å². The first kappa shape index (κ1) is 18.2. The Hall–Kier alpha value is -1.63. The van der Waals surface area contributed by atoms with Crippen molar-refractivity contribution in [2.24, 2.45) is 4.99 Å². The second-order valence-electron chi connectivity index (χ2n) is 6.93. The second kappa shape index (κ2) is 9.17. The SMILES string of the molecule is CN=C(NCC1CN(C)CCO1)N1CCN(Cc2ccccc2)CC1. The molecule has 0 radical (unpaired) electrons. The van der Waals surface area contributed by atoms with Gasteiger partial charge in [-0.25, -0.2) is 0 Å². The van der Waals surface area contributed by atoms with Gasteiger partial charge in [-0.3, -0.25) is 9.89 Å². The zero-order chi connectivity index (χ0) is 17.5. The molecule has 6 heteroatoms. The van der Waals surface area contributed by atoms with Crippen LogP contribution in [0.5, 0.6) is 0 Å². The van der Waals surface area contributed by atoms with E-state index in [1.54, 1.807) is 0 Å². The van der Waals surface area contributed by atoms with Crippen molar-refractivity contribution in [2.45, 2.75) is 12.6 Å². The highest BCUT2D eigenvalue weighted by Gasteiger charge is 2.22. The molecule has 0 saturated carbocycles. The van der Waals surface area contributed by atoms with E-state index >= 15 is 0 Å². The number of benzene rings is 1. The van der Waals surface area contributed by atoms with Gasteiger partial charge in [0.25, 0.3) is 0 Å². The molecule has 1 atom stereocenters. The van der Waals surface area contributed by atoms with Gasteiger partial charge in [-0.1, -0.05) is 30.3 Å². The van der Waals surface area contributed by atoms with Crippen LogP contribution in [0.2, 0.25) is 0 Å². The molecule has 2 saturated heterocycles. The number of ether oxygens (including phenoxy) is 1. The number of guanidine groups is 1. The van der Waals surface area contributed by atoms with Gasteiger partial charge in [0, 0.05) is 59.4 Å². The molecule has 138 valence electrons. The van der Waals surface area contributed by atoms with Crippen LogP contribution in [0.4, 0.5) is 0 Å². The van der Waals surface area contributed by atoms with Gasteiger partial charge in [-0.2, -0.15) is 0 Å². The maximum absolute atomic E-state index is 5.83. The van der Waals surface area contributed by atoms with E-state index in [9.17, 15) is 0 Å². The molecule has 2 aliphatic rings. The molecule has 0 aliphatic carbocycles.